The average molecular weight is 430 g/mol. The molecule has 0 aromatic heterocycles. The normalized spacial score (nSPS) is 28.1. The lowest BCUT2D eigenvalue weighted by molar-refractivity contribution is -0.146. The lowest BCUT2D eigenvalue weighted by atomic mass is 9.99. The van der Waals surface area contributed by atoms with E-state index in [9.17, 15) is 14.9 Å². The first-order chi connectivity index (χ1) is 14.8. The summed E-state index contributed by atoms with van der Waals surface area (Å²) in [6.45, 7) is 2.91. The van der Waals surface area contributed by atoms with Crippen molar-refractivity contribution in [3.8, 4) is 11.8 Å². The molecule has 0 saturated carbocycles. The van der Waals surface area contributed by atoms with Crippen LogP contribution in [-0.4, -0.2) is 80.8 Å². The van der Waals surface area contributed by atoms with E-state index < -0.39 is 0 Å². The molecule has 0 N–H and O–H groups in total. The van der Waals surface area contributed by atoms with Crippen molar-refractivity contribution in [3.05, 3.63) is 29.3 Å². The van der Waals surface area contributed by atoms with Gasteiger partial charge in [-0.05, 0) is 37.5 Å². The molecule has 168 valence electrons. The van der Waals surface area contributed by atoms with Crippen molar-refractivity contribution in [2.45, 2.75) is 44.5 Å². The monoisotopic (exact) mass is 429 g/mol. The summed E-state index contributed by atoms with van der Waals surface area (Å²) in [7, 11) is 5.10. The minimum Gasteiger partial charge on any atom is -0.490 e. The van der Waals surface area contributed by atoms with E-state index in [1.165, 1.54) is 11.0 Å². The number of ether oxygens (including phenoxy) is 3. The highest BCUT2D eigenvalue weighted by atomic mass is 16.6. The van der Waals surface area contributed by atoms with Crippen LogP contribution in [0.5, 0.6) is 5.75 Å². The molecule has 2 heterocycles. The summed E-state index contributed by atoms with van der Waals surface area (Å²) < 4.78 is 17.9. The molecule has 2 amide bonds. The lowest BCUT2D eigenvalue weighted by Crippen LogP contribution is -2.44. The van der Waals surface area contributed by atoms with Crippen LogP contribution in [0.3, 0.4) is 0 Å². The Bertz CT molecular complexity index is 852. The zero-order valence-electron chi connectivity index (χ0n) is 18.7. The summed E-state index contributed by atoms with van der Waals surface area (Å²) >= 11 is 0. The van der Waals surface area contributed by atoms with E-state index in [1.807, 2.05) is 6.92 Å². The number of hydrogen-bond acceptors (Lipinski definition) is 6. The van der Waals surface area contributed by atoms with Crippen LogP contribution in [-0.2, 0) is 14.3 Å². The third-order valence-electron chi connectivity index (χ3n) is 6.08. The van der Waals surface area contributed by atoms with E-state index in [1.54, 1.807) is 38.2 Å². The fourth-order valence-corrected chi connectivity index (χ4v) is 4.23. The van der Waals surface area contributed by atoms with Crippen LogP contribution < -0.4 is 4.74 Å². The molecule has 1 aromatic carbocycles. The number of hydrogen-bond donors (Lipinski definition) is 0. The van der Waals surface area contributed by atoms with Crippen LogP contribution in [0.25, 0.3) is 0 Å². The van der Waals surface area contributed by atoms with Crippen LogP contribution >= 0.6 is 0 Å². The third-order valence-corrected chi connectivity index (χ3v) is 6.08. The van der Waals surface area contributed by atoms with Crippen molar-refractivity contribution in [1.29, 1.82) is 5.26 Å². The summed E-state index contributed by atoms with van der Waals surface area (Å²) in [6.07, 6.45) is 2.05. The fourth-order valence-electron chi connectivity index (χ4n) is 4.23. The van der Waals surface area contributed by atoms with Gasteiger partial charge in [0.05, 0.1) is 35.3 Å². The molecule has 2 aliphatic heterocycles. The van der Waals surface area contributed by atoms with E-state index >= 15 is 0 Å². The minimum absolute atomic E-state index is 0.0143. The van der Waals surface area contributed by atoms with Crippen molar-refractivity contribution in [3.63, 3.8) is 0 Å². The van der Waals surface area contributed by atoms with Crippen LogP contribution in [0.4, 0.5) is 0 Å². The Kier molecular flexibility index (Phi) is 7.52. The molecule has 3 rings (SSSR count). The number of carbonyl (C=O) groups is 2. The first-order valence-electron chi connectivity index (χ1n) is 10.7. The Labute approximate surface area is 183 Å². The number of fused-ring (bicyclic) bond motifs is 3. The highest BCUT2D eigenvalue weighted by Gasteiger charge is 2.33. The summed E-state index contributed by atoms with van der Waals surface area (Å²) in [4.78, 5) is 29.2. The minimum atomic E-state index is -0.356. The molecule has 1 aromatic rings. The number of carbonyl (C=O) groups excluding carboxylic acids is 2. The van der Waals surface area contributed by atoms with Crippen LogP contribution in [0, 0.1) is 17.2 Å². The fraction of sp³-hybridized carbons (Fsp3) is 0.609. The van der Waals surface area contributed by atoms with Gasteiger partial charge in [0, 0.05) is 34.3 Å². The molecule has 8 nitrogen and oxygen atoms in total. The van der Waals surface area contributed by atoms with Crippen LogP contribution in [0.2, 0.25) is 0 Å². The summed E-state index contributed by atoms with van der Waals surface area (Å²) in [5.74, 6) is -0.276. The van der Waals surface area contributed by atoms with Gasteiger partial charge in [-0.2, -0.15) is 5.26 Å². The standard InChI is InChI=1S/C23H31N3O5/c1-15-13-26(3)23(28)18-11-16(12-24)5-7-19(18)30-14-21-20(29-4)8-6-17(31-21)9-10-25(2)22(15)27/h5,7,11,15,17,20-21H,6,8-10,13-14H2,1-4H3/t15-,17-,20+,21-/m0/s1. The van der Waals surface area contributed by atoms with Gasteiger partial charge >= 0.3 is 0 Å². The van der Waals surface area contributed by atoms with E-state index in [2.05, 4.69) is 6.07 Å². The number of benzene rings is 1. The van der Waals surface area contributed by atoms with E-state index in [0.29, 0.717) is 23.4 Å². The second-order valence-electron chi connectivity index (χ2n) is 8.42. The Balaban J connectivity index is 1.94. The topological polar surface area (TPSA) is 92.1 Å². The summed E-state index contributed by atoms with van der Waals surface area (Å²) in [5, 5.41) is 9.29. The largest absolute Gasteiger partial charge is 0.490 e. The molecule has 2 bridgehead atoms. The second kappa shape index (κ2) is 10.1. The molecular formula is C23H31N3O5. The maximum absolute atomic E-state index is 13.2. The maximum atomic E-state index is 13.2. The number of rotatable bonds is 1. The van der Waals surface area contributed by atoms with Gasteiger partial charge in [0.15, 0.2) is 0 Å². The van der Waals surface area contributed by atoms with Crippen molar-refractivity contribution < 1.29 is 23.8 Å². The Morgan fingerprint density at radius 3 is 2.65 bits per heavy atom. The van der Waals surface area contributed by atoms with Crippen molar-refractivity contribution >= 4 is 11.8 Å². The van der Waals surface area contributed by atoms with Gasteiger partial charge in [0.2, 0.25) is 5.91 Å². The van der Waals surface area contributed by atoms with E-state index in [0.717, 1.165) is 19.3 Å². The highest BCUT2D eigenvalue weighted by Crippen LogP contribution is 2.27. The zero-order valence-corrected chi connectivity index (χ0v) is 18.7. The molecule has 1 saturated heterocycles. The molecule has 0 spiro atoms. The van der Waals surface area contributed by atoms with Crippen LogP contribution in [0.15, 0.2) is 18.2 Å². The zero-order chi connectivity index (χ0) is 22.5. The summed E-state index contributed by atoms with van der Waals surface area (Å²) in [5.41, 5.74) is 0.667. The maximum Gasteiger partial charge on any atom is 0.257 e. The van der Waals surface area contributed by atoms with Crippen molar-refractivity contribution in [2.24, 2.45) is 5.92 Å². The first-order valence-corrected chi connectivity index (χ1v) is 10.7. The third kappa shape index (κ3) is 5.35. The number of amides is 2. The van der Waals surface area contributed by atoms with Gasteiger partial charge in [0.25, 0.3) is 5.91 Å². The molecule has 0 aliphatic carbocycles. The lowest BCUT2D eigenvalue weighted by Gasteiger charge is -2.36. The second-order valence-corrected chi connectivity index (χ2v) is 8.42. The van der Waals surface area contributed by atoms with Crippen LogP contribution in [0.1, 0.15) is 42.1 Å². The summed E-state index contributed by atoms with van der Waals surface area (Å²) in [6, 6.07) is 6.86. The van der Waals surface area contributed by atoms with Gasteiger partial charge in [-0.3, -0.25) is 9.59 Å². The quantitative estimate of drug-likeness (QED) is 0.679. The molecule has 4 atom stereocenters. The Hall–Kier alpha value is -2.63. The predicted octanol–water partition coefficient (Wildman–Crippen LogP) is 2.07. The van der Waals surface area contributed by atoms with Gasteiger partial charge in [-0.25, -0.2) is 0 Å². The molecule has 2 aliphatic rings. The molecule has 0 unspecified atom stereocenters. The number of nitriles is 1. The van der Waals surface area contributed by atoms with Gasteiger partial charge in [-0.1, -0.05) is 6.92 Å². The molecule has 0 radical (unpaired) electrons. The van der Waals surface area contributed by atoms with Gasteiger partial charge < -0.3 is 24.0 Å². The Morgan fingerprint density at radius 1 is 1.16 bits per heavy atom. The van der Waals surface area contributed by atoms with E-state index in [-0.39, 0.29) is 49.2 Å². The van der Waals surface area contributed by atoms with Gasteiger partial charge in [-0.15, -0.1) is 0 Å². The number of methoxy groups -OCH3 is 1. The van der Waals surface area contributed by atoms with Crippen molar-refractivity contribution in [1.82, 2.24) is 9.80 Å². The highest BCUT2D eigenvalue weighted by molar-refractivity contribution is 5.97. The van der Waals surface area contributed by atoms with Crippen molar-refractivity contribution in [2.75, 3.05) is 40.9 Å². The average Bonchev–Trinajstić information content (AvgIpc) is 2.79. The molecular weight excluding hydrogens is 398 g/mol. The number of nitrogens with zero attached hydrogens (tertiary/aromatic N) is 3. The predicted molar refractivity (Wildman–Crippen MR) is 114 cm³/mol. The smallest absolute Gasteiger partial charge is 0.257 e. The molecule has 8 heteroatoms. The molecule has 1 fully saturated rings. The SMILES string of the molecule is CO[C@@H]1CC[C@H]2CCN(C)C(=O)[C@@H](C)CN(C)C(=O)c3cc(C#N)ccc3OC[C@@H]1O2. The Morgan fingerprint density at radius 2 is 1.94 bits per heavy atom. The molecule has 31 heavy (non-hydrogen) atoms. The first kappa shape index (κ1) is 23.0. The van der Waals surface area contributed by atoms with E-state index in [4.69, 9.17) is 14.2 Å². The van der Waals surface area contributed by atoms with Gasteiger partial charge in [0.1, 0.15) is 18.5 Å².